The number of allylic oxidation sites excluding steroid dienone is 1. The minimum absolute atomic E-state index is 0.0605. The number of ether oxygens (including phenoxy) is 1. The summed E-state index contributed by atoms with van der Waals surface area (Å²) in [5.74, 6) is 0.517. The lowest BCUT2D eigenvalue weighted by Gasteiger charge is -2.49. The van der Waals surface area contributed by atoms with Crippen molar-refractivity contribution in [2.24, 2.45) is 17.3 Å². The van der Waals surface area contributed by atoms with Gasteiger partial charge in [-0.05, 0) is 38.0 Å². The van der Waals surface area contributed by atoms with Gasteiger partial charge in [0.1, 0.15) is 6.10 Å². The van der Waals surface area contributed by atoms with Crippen molar-refractivity contribution in [1.82, 2.24) is 0 Å². The van der Waals surface area contributed by atoms with E-state index < -0.39 is 0 Å². The van der Waals surface area contributed by atoms with E-state index in [-0.39, 0.29) is 18.0 Å². The Morgan fingerprint density at radius 1 is 1.47 bits per heavy atom. The molecule has 3 unspecified atom stereocenters. The van der Waals surface area contributed by atoms with E-state index in [2.05, 4.69) is 26.5 Å². The predicted molar refractivity (Wildman–Crippen MR) is 66.3 cm³/mol. The highest BCUT2D eigenvalue weighted by atomic mass is 16.6. The van der Waals surface area contributed by atoms with Crippen molar-refractivity contribution < 1.29 is 9.53 Å². The first kappa shape index (κ1) is 11.1. The van der Waals surface area contributed by atoms with Crippen molar-refractivity contribution in [2.75, 3.05) is 0 Å². The van der Waals surface area contributed by atoms with Gasteiger partial charge in [0.25, 0.3) is 0 Å². The van der Waals surface area contributed by atoms with Crippen molar-refractivity contribution in [1.29, 1.82) is 0 Å². The number of hydrogen-bond acceptors (Lipinski definition) is 2. The molecular formula is C15H20O2. The van der Waals surface area contributed by atoms with Gasteiger partial charge in [0.2, 0.25) is 0 Å². The van der Waals surface area contributed by atoms with Gasteiger partial charge in [-0.2, -0.15) is 0 Å². The molecule has 2 fully saturated rings. The van der Waals surface area contributed by atoms with E-state index in [1.807, 2.05) is 0 Å². The molecule has 0 radical (unpaired) electrons. The molecule has 0 spiro atoms. The summed E-state index contributed by atoms with van der Waals surface area (Å²) in [6.45, 7) is 8.47. The van der Waals surface area contributed by atoms with E-state index in [0.29, 0.717) is 16.9 Å². The van der Waals surface area contributed by atoms with Gasteiger partial charge in [0.15, 0.2) is 0 Å². The summed E-state index contributed by atoms with van der Waals surface area (Å²) in [6, 6.07) is 0. The minimum atomic E-state index is -0.164. The van der Waals surface area contributed by atoms with Crippen molar-refractivity contribution >= 4 is 5.97 Å². The molecule has 1 saturated heterocycles. The quantitative estimate of drug-likeness (QED) is 0.364. The van der Waals surface area contributed by atoms with E-state index in [1.54, 1.807) is 0 Å². The Morgan fingerprint density at radius 2 is 2.24 bits per heavy atom. The Kier molecular flexibility index (Phi) is 2.26. The zero-order valence-electron chi connectivity index (χ0n) is 10.7. The molecule has 0 N–H and O–H groups in total. The van der Waals surface area contributed by atoms with Gasteiger partial charge in [0.05, 0.1) is 0 Å². The lowest BCUT2D eigenvalue weighted by atomic mass is 9.56. The van der Waals surface area contributed by atoms with Crippen molar-refractivity contribution in [3.05, 3.63) is 23.8 Å². The second-order valence-electron chi connectivity index (χ2n) is 6.16. The first-order valence-corrected chi connectivity index (χ1v) is 6.59. The Morgan fingerprint density at radius 3 is 3.00 bits per heavy atom. The number of carbonyl (C=O) groups excluding carboxylic acids is 1. The van der Waals surface area contributed by atoms with Gasteiger partial charge in [-0.3, -0.25) is 0 Å². The summed E-state index contributed by atoms with van der Waals surface area (Å²) in [4.78, 5) is 11.7. The highest BCUT2D eigenvalue weighted by Gasteiger charge is 2.54. The fraction of sp³-hybridized carbons (Fsp3) is 0.667. The van der Waals surface area contributed by atoms with Gasteiger partial charge in [-0.25, -0.2) is 4.79 Å². The zero-order chi connectivity index (χ0) is 12.2. The summed E-state index contributed by atoms with van der Waals surface area (Å²) < 4.78 is 5.60. The molecule has 3 aliphatic rings. The molecule has 3 rings (SSSR count). The topological polar surface area (TPSA) is 26.3 Å². The van der Waals surface area contributed by atoms with Crippen LogP contribution in [0.5, 0.6) is 0 Å². The van der Waals surface area contributed by atoms with E-state index in [9.17, 15) is 4.79 Å². The Bertz CT molecular complexity index is 421. The number of esters is 1. The van der Waals surface area contributed by atoms with E-state index >= 15 is 0 Å². The van der Waals surface area contributed by atoms with Crippen LogP contribution in [-0.2, 0) is 9.53 Å². The summed E-state index contributed by atoms with van der Waals surface area (Å²) in [5, 5.41) is 0. The van der Waals surface area contributed by atoms with Crippen molar-refractivity contribution in [3.8, 4) is 0 Å². The molecule has 2 nitrogen and oxygen atoms in total. The maximum absolute atomic E-state index is 11.7. The molecule has 17 heavy (non-hydrogen) atoms. The second-order valence-corrected chi connectivity index (χ2v) is 6.16. The Labute approximate surface area is 103 Å². The molecule has 1 saturated carbocycles. The van der Waals surface area contributed by atoms with Crippen LogP contribution in [0.4, 0.5) is 0 Å². The fourth-order valence-corrected chi connectivity index (χ4v) is 4.15. The molecule has 1 aliphatic heterocycles. The van der Waals surface area contributed by atoms with Crippen LogP contribution in [0.2, 0.25) is 0 Å². The third-order valence-corrected chi connectivity index (χ3v) is 5.13. The van der Waals surface area contributed by atoms with E-state index in [4.69, 9.17) is 4.74 Å². The average Bonchev–Trinajstić information content (AvgIpc) is 2.54. The average molecular weight is 232 g/mol. The third kappa shape index (κ3) is 1.42. The molecule has 2 heteroatoms. The maximum atomic E-state index is 11.7. The maximum Gasteiger partial charge on any atom is 0.334 e. The molecule has 1 heterocycles. The van der Waals surface area contributed by atoms with Crippen LogP contribution in [-0.4, -0.2) is 12.1 Å². The monoisotopic (exact) mass is 232 g/mol. The second kappa shape index (κ2) is 3.47. The number of carbonyl (C=O) groups is 1. The minimum Gasteiger partial charge on any atom is -0.458 e. The van der Waals surface area contributed by atoms with E-state index in [0.717, 1.165) is 6.42 Å². The van der Waals surface area contributed by atoms with Gasteiger partial charge in [-0.1, -0.05) is 25.2 Å². The van der Waals surface area contributed by atoms with E-state index in [1.165, 1.54) is 24.8 Å². The number of hydrogen-bond donors (Lipinski definition) is 0. The first-order chi connectivity index (χ1) is 8.03. The van der Waals surface area contributed by atoms with Crippen molar-refractivity contribution in [2.45, 2.75) is 45.6 Å². The van der Waals surface area contributed by atoms with Crippen LogP contribution in [0, 0.1) is 17.3 Å². The normalized spacial score (nSPS) is 44.8. The van der Waals surface area contributed by atoms with Gasteiger partial charge < -0.3 is 4.74 Å². The molecular weight excluding hydrogens is 212 g/mol. The fourth-order valence-electron chi connectivity index (χ4n) is 4.15. The van der Waals surface area contributed by atoms with Crippen LogP contribution < -0.4 is 0 Å². The molecule has 92 valence electrons. The molecule has 0 aromatic carbocycles. The predicted octanol–water partition coefficient (Wildman–Crippen LogP) is 3.24. The van der Waals surface area contributed by atoms with Gasteiger partial charge in [0, 0.05) is 17.4 Å². The lowest BCUT2D eigenvalue weighted by Crippen LogP contribution is -2.45. The third-order valence-electron chi connectivity index (χ3n) is 5.13. The largest absolute Gasteiger partial charge is 0.458 e. The highest BCUT2D eigenvalue weighted by molar-refractivity contribution is 5.91. The SMILES string of the molecule is C=C1C(=O)OC2C1CC[C@@]1(C)CCC=C(C)C21. The Balaban J connectivity index is 2.00. The summed E-state index contributed by atoms with van der Waals surface area (Å²) in [6.07, 6.45) is 7.04. The van der Waals surface area contributed by atoms with Crippen LogP contribution in [0.25, 0.3) is 0 Å². The molecule has 0 bridgehead atoms. The van der Waals surface area contributed by atoms with Crippen LogP contribution in [0.1, 0.15) is 39.5 Å². The first-order valence-electron chi connectivity index (χ1n) is 6.59. The van der Waals surface area contributed by atoms with Crippen LogP contribution in [0.3, 0.4) is 0 Å². The molecule has 0 amide bonds. The number of fused-ring (bicyclic) bond motifs is 3. The molecule has 4 atom stereocenters. The smallest absolute Gasteiger partial charge is 0.334 e. The van der Waals surface area contributed by atoms with Crippen molar-refractivity contribution in [3.63, 3.8) is 0 Å². The van der Waals surface area contributed by atoms with Crippen LogP contribution in [0.15, 0.2) is 23.8 Å². The Hall–Kier alpha value is -1.05. The highest BCUT2D eigenvalue weighted by Crippen LogP contribution is 2.55. The van der Waals surface area contributed by atoms with Crippen LogP contribution >= 0.6 is 0 Å². The molecule has 2 aliphatic carbocycles. The molecule has 0 aromatic heterocycles. The van der Waals surface area contributed by atoms with Gasteiger partial charge >= 0.3 is 5.97 Å². The number of rotatable bonds is 0. The standard InChI is InChI=1S/C15H20O2/c1-9-5-4-7-15(3)8-6-11-10(2)14(16)17-13(11)12(9)15/h5,11-13H,2,4,6-8H2,1,3H3/t11?,12?,13?,15-/m1/s1. The zero-order valence-corrected chi connectivity index (χ0v) is 10.7. The summed E-state index contributed by atoms with van der Waals surface area (Å²) in [5.41, 5.74) is 2.44. The summed E-state index contributed by atoms with van der Waals surface area (Å²) >= 11 is 0. The van der Waals surface area contributed by atoms with Gasteiger partial charge in [-0.15, -0.1) is 0 Å². The molecule has 0 aromatic rings. The summed E-state index contributed by atoms with van der Waals surface area (Å²) in [7, 11) is 0. The lowest BCUT2D eigenvalue weighted by molar-refractivity contribution is -0.144.